The lowest BCUT2D eigenvalue weighted by atomic mass is 9.67. The predicted molar refractivity (Wildman–Crippen MR) is 77.9 cm³/mol. The van der Waals surface area contributed by atoms with E-state index in [1.807, 2.05) is 12.1 Å². The van der Waals surface area contributed by atoms with Gasteiger partial charge in [0, 0.05) is 17.1 Å². The molecule has 1 aromatic rings. The van der Waals surface area contributed by atoms with E-state index in [4.69, 9.17) is 0 Å². The van der Waals surface area contributed by atoms with Crippen molar-refractivity contribution >= 4 is 21.8 Å². The van der Waals surface area contributed by atoms with Gasteiger partial charge in [-0.15, -0.1) is 0 Å². The fourth-order valence-corrected chi connectivity index (χ4v) is 4.91. The highest BCUT2D eigenvalue weighted by Gasteiger charge is 2.43. The first kappa shape index (κ1) is 12.0. The van der Waals surface area contributed by atoms with E-state index in [1.54, 1.807) is 0 Å². The molecule has 4 aliphatic rings. The fourth-order valence-electron chi connectivity index (χ4n) is 4.33. The van der Waals surface area contributed by atoms with Crippen molar-refractivity contribution in [1.82, 2.24) is 4.90 Å². The Hall–Kier alpha value is -0.830. The van der Waals surface area contributed by atoms with Gasteiger partial charge < -0.3 is 4.90 Å². The van der Waals surface area contributed by atoms with Crippen LogP contribution in [0.15, 0.2) is 22.7 Å². The summed E-state index contributed by atoms with van der Waals surface area (Å²) in [5.74, 6) is 1.87. The average Bonchev–Trinajstić information content (AvgIpc) is 2.79. The number of fused-ring (bicyclic) bond motifs is 4. The van der Waals surface area contributed by atoms with Gasteiger partial charge in [0.25, 0.3) is 5.91 Å². The smallest absolute Gasteiger partial charge is 0.255 e. The highest BCUT2D eigenvalue weighted by molar-refractivity contribution is 9.10. The monoisotopic (exact) mass is 319 g/mol. The van der Waals surface area contributed by atoms with Crippen LogP contribution in [0, 0.1) is 11.8 Å². The molecule has 1 aliphatic heterocycles. The summed E-state index contributed by atoms with van der Waals surface area (Å²) >= 11 is 3.53. The number of nitrogens with zero attached hydrogens (tertiary/aromatic N) is 1. The third-order valence-electron chi connectivity index (χ3n) is 5.33. The minimum Gasteiger partial charge on any atom is -0.331 e. The summed E-state index contributed by atoms with van der Waals surface area (Å²) in [6.45, 7) is 0.821. The fraction of sp³-hybridized carbons (Fsp3) is 0.562. The van der Waals surface area contributed by atoms with E-state index in [-0.39, 0.29) is 5.91 Å². The van der Waals surface area contributed by atoms with Crippen molar-refractivity contribution in [1.29, 1.82) is 0 Å². The second-order valence-electron chi connectivity index (χ2n) is 6.29. The first-order valence-corrected chi connectivity index (χ1v) is 8.11. The predicted octanol–water partition coefficient (Wildman–Crippen LogP) is 3.98. The van der Waals surface area contributed by atoms with Crippen LogP contribution >= 0.6 is 15.9 Å². The Labute approximate surface area is 122 Å². The minimum absolute atomic E-state index is 0.250. The number of hydrogen-bond donors (Lipinski definition) is 0. The van der Waals surface area contributed by atoms with Gasteiger partial charge in [-0.05, 0) is 58.7 Å². The van der Waals surface area contributed by atoms with Gasteiger partial charge in [-0.3, -0.25) is 4.79 Å². The van der Waals surface area contributed by atoms with E-state index in [0.29, 0.717) is 6.04 Å². The quantitative estimate of drug-likeness (QED) is 0.766. The molecular formula is C16H18BrNO. The number of hydrogen-bond acceptors (Lipinski definition) is 1. The summed E-state index contributed by atoms with van der Waals surface area (Å²) in [6, 6.07) is 6.61. The second kappa shape index (κ2) is 4.34. The summed E-state index contributed by atoms with van der Waals surface area (Å²) in [6.07, 6.45) is 6.68. The second-order valence-corrected chi connectivity index (χ2v) is 7.15. The molecular weight excluding hydrogens is 302 g/mol. The molecule has 3 heteroatoms. The SMILES string of the molecule is O=C1c2c(Br)cccc2CN1C1CC2CCC1CC2. The van der Waals surface area contributed by atoms with Crippen molar-refractivity contribution in [2.45, 2.75) is 44.7 Å². The van der Waals surface area contributed by atoms with Gasteiger partial charge in [-0.2, -0.15) is 0 Å². The highest BCUT2D eigenvalue weighted by Crippen LogP contribution is 2.45. The Kier molecular flexibility index (Phi) is 2.73. The zero-order valence-electron chi connectivity index (χ0n) is 10.9. The van der Waals surface area contributed by atoms with Crippen molar-refractivity contribution in [3.63, 3.8) is 0 Å². The molecule has 2 bridgehead atoms. The van der Waals surface area contributed by atoms with E-state index in [9.17, 15) is 4.79 Å². The molecule has 1 atom stereocenters. The largest absolute Gasteiger partial charge is 0.331 e. The molecule has 1 amide bonds. The molecule has 19 heavy (non-hydrogen) atoms. The highest BCUT2D eigenvalue weighted by atomic mass is 79.9. The number of carbonyl (C=O) groups excluding carboxylic acids is 1. The number of carbonyl (C=O) groups is 1. The first-order valence-electron chi connectivity index (χ1n) is 7.32. The van der Waals surface area contributed by atoms with Crippen LogP contribution < -0.4 is 0 Å². The van der Waals surface area contributed by atoms with Crippen LogP contribution in [0.4, 0.5) is 0 Å². The van der Waals surface area contributed by atoms with Crippen molar-refractivity contribution in [3.8, 4) is 0 Å². The maximum atomic E-state index is 12.7. The molecule has 0 spiro atoms. The molecule has 0 saturated heterocycles. The molecule has 1 heterocycles. The summed E-state index contributed by atoms with van der Waals surface area (Å²) in [4.78, 5) is 14.8. The summed E-state index contributed by atoms with van der Waals surface area (Å²) in [5, 5.41) is 0. The number of benzene rings is 1. The summed E-state index contributed by atoms with van der Waals surface area (Å²) in [5.41, 5.74) is 2.10. The normalized spacial score (nSPS) is 32.8. The van der Waals surface area contributed by atoms with Crippen LogP contribution in [0.2, 0.25) is 0 Å². The van der Waals surface area contributed by atoms with Crippen LogP contribution in [-0.2, 0) is 6.54 Å². The Morgan fingerprint density at radius 3 is 2.58 bits per heavy atom. The van der Waals surface area contributed by atoms with Crippen molar-refractivity contribution in [2.24, 2.45) is 11.8 Å². The molecule has 1 aromatic carbocycles. The lowest BCUT2D eigenvalue weighted by Crippen LogP contribution is -2.47. The molecule has 100 valence electrons. The molecule has 0 aromatic heterocycles. The van der Waals surface area contributed by atoms with E-state index in [2.05, 4.69) is 26.9 Å². The van der Waals surface area contributed by atoms with Crippen LogP contribution in [0.3, 0.4) is 0 Å². The standard InChI is InChI=1S/C16H18BrNO/c17-13-3-1-2-12-9-18(16(19)15(12)13)14-8-10-4-6-11(14)7-5-10/h1-3,10-11,14H,4-9H2. The maximum absolute atomic E-state index is 12.7. The summed E-state index contributed by atoms with van der Waals surface area (Å²) < 4.78 is 0.957. The number of rotatable bonds is 1. The molecule has 0 N–H and O–H groups in total. The zero-order valence-corrected chi connectivity index (χ0v) is 12.5. The first-order chi connectivity index (χ1) is 9.24. The molecule has 3 aliphatic carbocycles. The van der Waals surface area contributed by atoms with Gasteiger partial charge in [-0.25, -0.2) is 0 Å². The average molecular weight is 320 g/mol. The molecule has 3 fully saturated rings. The van der Waals surface area contributed by atoms with Crippen molar-refractivity contribution in [2.75, 3.05) is 0 Å². The van der Waals surface area contributed by atoms with Crippen LogP contribution in [0.1, 0.15) is 48.0 Å². The van der Waals surface area contributed by atoms with Crippen molar-refractivity contribution < 1.29 is 4.79 Å². The minimum atomic E-state index is 0.250. The topological polar surface area (TPSA) is 20.3 Å². The van der Waals surface area contributed by atoms with Crippen molar-refractivity contribution in [3.05, 3.63) is 33.8 Å². The summed E-state index contributed by atoms with van der Waals surface area (Å²) in [7, 11) is 0. The third-order valence-corrected chi connectivity index (χ3v) is 5.99. The molecule has 3 saturated carbocycles. The Morgan fingerprint density at radius 1 is 1.16 bits per heavy atom. The van der Waals surface area contributed by atoms with Crippen LogP contribution in [-0.4, -0.2) is 16.8 Å². The Bertz CT molecular complexity index is 534. The number of halogens is 1. The third kappa shape index (κ3) is 1.78. The van der Waals surface area contributed by atoms with Crippen LogP contribution in [0.25, 0.3) is 0 Å². The molecule has 5 rings (SSSR count). The lowest BCUT2D eigenvalue weighted by molar-refractivity contribution is 0.0286. The van der Waals surface area contributed by atoms with Gasteiger partial charge in [0.05, 0.1) is 5.56 Å². The van der Waals surface area contributed by atoms with E-state index < -0.39 is 0 Å². The van der Waals surface area contributed by atoms with Gasteiger partial charge in [0.2, 0.25) is 0 Å². The van der Waals surface area contributed by atoms with Gasteiger partial charge in [0.15, 0.2) is 0 Å². The molecule has 2 nitrogen and oxygen atoms in total. The molecule has 0 radical (unpaired) electrons. The lowest BCUT2D eigenvalue weighted by Gasteiger charge is -2.46. The van der Waals surface area contributed by atoms with E-state index >= 15 is 0 Å². The maximum Gasteiger partial charge on any atom is 0.255 e. The molecule has 1 unspecified atom stereocenters. The number of amides is 1. The van der Waals surface area contributed by atoms with E-state index in [1.165, 1.54) is 37.7 Å². The van der Waals surface area contributed by atoms with Gasteiger partial charge >= 0.3 is 0 Å². The van der Waals surface area contributed by atoms with E-state index in [0.717, 1.165) is 28.4 Å². The Balaban J connectivity index is 1.65. The van der Waals surface area contributed by atoms with Gasteiger partial charge in [0.1, 0.15) is 0 Å². The zero-order chi connectivity index (χ0) is 13.0. The van der Waals surface area contributed by atoms with Crippen LogP contribution in [0.5, 0.6) is 0 Å². The Morgan fingerprint density at radius 2 is 1.95 bits per heavy atom. The van der Waals surface area contributed by atoms with Gasteiger partial charge in [-0.1, -0.05) is 25.0 Å².